The zero-order chi connectivity index (χ0) is 21.2. The van der Waals surface area contributed by atoms with Crippen LogP contribution in [0, 0.1) is 0 Å². The minimum atomic E-state index is -1.67. The summed E-state index contributed by atoms with van der Waals surface area (Å²) in [5.74, 6) is 1.68. The van der Waals surface area contributed by atoms with Crippen LogP contribution in [0.1, 0.15) is 47.2 Å². The van der Waals surface area contributed by atoms with Gasteiger partial charge in [0.1, 0.15) is 5.75 Å². The highest BCUT2D eigenvalue weighted by molar-refractivity contribution is 6.83. The third kappa shape index (κ3) is 4.09. The van der Waals surface area contributed by atoms with Gasteiger partial charge in [-0.3, -0.25) is 0 Å². The van der Waals surface area contributed by atoms with Crippen LogP contribution in [0.2, 0.25) is 16.6 Å². The quantitative estimate of drug-likeness (QED) is 0.394. The van der Waals surface area contributed by atoms with E-state index in [0.717, 1.165) is 34.1 Å². The fourth-order valence-electron chi connectivity index (χ4n) is 5.05. The number of methoxy groups -OCH3 is 1. The Balaban J connectivity index is 2.25. The first-order chi connectivity index (χ1) is 13.8. The van der Waals surface area contributed by atoms with Crippen molar-refractivity contribution in [1.29, 1.82) is 0 Å². The maximum atomic E-state index is 5.52. The average molecular weight is 407 g/mol. The Morgan fingerprint density at radius 1 is 0.828 bits per heavy atom. The Hall–Kier alpha value is -2.20. The summed E-state index contributed by atoms with van der Waals surface area (Å²) in [7, 11) is 0.0495. The third-order valence-electron chi connectivity index (χ3n) is 6.71. The summed E-state index contributed by atoms with van der Waals surface area (Å²) in [4.78, 5) is 10.0. The molecule has 3 nitrogen and oxygen atoms in total. The third-order valence-corrected chi connectivity index (χ3v) is 14.1. The van der Waals surface area contributed by atoms with E-state index in [0.29, 0.717) is 16.6 Å². The van der Waals surface area contributed by atoms with Crippen LogP contribution >= 0.6 is 0 Å². The number of aromatic nitrogens is 2. The van der Waals surface area contributed by atoms with Crippen LogP contribution in [-0.4, -0.2) is 25.2 Å². The molecule has 4 heteroatoms. The number of fused-ring (bicyclic) bond motifs is 1. The standard InChI is InChI=1S/C25H34N2OSi/c1-17(2)29(18(3)4,19(5)6)16-24-22-15-21(28-7)13-14-23(22)26-25(27-24)20-11-9-8-10-12-20/h8-15,17-19H,16H2,1-7H3. The van der Waals surface area contributed by atoms with Gasteiger partial charge in [-0.2, -0.15) is 0 Å². The monoisotopic (exact) mass is 406 g/mol. The number of nitrogens with zero attached hydrogens (tertiary/aromatic N) is 2. The first kappa shape index (κ1) is 21.5. The van der Waals surface area contributed by atoms with Crippen molar-refractivity contribution in [3.8, 4) is 17.1 Å². The second-order valence-corrected chi connectivity index (χ2v) is 15.0. The van der Waals surface area contributed by atoms with E-state index in [2.05, 4.69) is 65.8 Å². The molecule has 0 spiro atoms. The first-order valence-electron chi connectivity index (χ1n) is 10.7. The van der Waals surface area contributed by atoms with E-state index in [1.807, 2.05) is 24.3 Å². The van der Waals surface area contributed by atoms with E-state index in [1.54, 1.807) is 7.11 Å². The van der Waals surface area contributed by atoms with Gasteiger partial charge in [-0.15, -0.1) is 0 Å². The van der Waals surface area contributed by atoms with Gasteiger partial charge < -0.3 is 4.74 Å². The van der Waals surface area contributed by atoms with E-state index in [9.17, 15) is 0 Å². The number of ether oxygens (including phenoxy) is 1. The largest absolute Gasteiger partial charge is 0.497 e. The van der Waals surface area contributed by atoms with Gasteiger partial charge in [-0.25, -0.2) is 9.97 Å². The van der Waals surface area contributed by atoms with Gasteiger partial charge in [-0.1, -0.05) is 88.5 Å². The summed E-state index contributed by atoms with van der Waals surface area (Å²) in [5, 5.41) is 1.13. The number of rotatable bonds is 7. The molecular weight excluding hydrogens is 372 g/mol. The summed E-state index contributed by atoms with van der Waals surface area (Å²) in [6.07, 6.45) is 0. The van der Waals surface area contributed by atoms with Crippen molar-refractivity contribution >= 4 is 19.0 Å². The zero-order valence-electron chi connectivity index (χ0n) is 18.9. The van der Waals surface area contributed by atoms with E-state index >= 15 is 0 Å². The maximum Gasteiger partial charge on any atom is 0.160 e. The molecule has 29 heavy (non-hydrogen) atoms. The second kappa shape index (κ2) is 8.66. The van der Waals surface area contributed by atoms with Crippen molar-refractivity contribution in [2.75, 3.05) is 7.11 Å². The SMILES string of the molecule is COc1ccc2nc(-c3ccccc3)nc(C[Si](C(C)C)(C(C)C)C(C)C)c2c1. The topological polar surface area (TPSA) is 35.0 Å². The molecule has 0 saturated carbocycles. The lowest BCUT2D eigenvalue weighted by atomic mass is 10.1. The van der Waals surface area contributed by atoms with Gasteiger partial charge in [-0.05, 0) is 24.2 Å². The second-order valence-electron chi connectivity index (χ2n) is 9.00. The minimum Gasteiger partial charge on any atom is -0.497 e. The van der Waals surface area contributed by atoms with Crippen LogP contribution in [0.5, 0.6) is 5.75 Å². The molecule has 2 aromatic carbocycles. The molecule has 1 heterocycles. The molecule has 1 aromatic heterocycles. The van der Waals surface area contributed by atoms with Gasteiger partial charge in [0.05, 0.1) is 20.7 Å². The van der Waals surface area contributed by atoms with Gasteiger partial charge in [0.25, 0.3) is 0 Å². The van der Waals surface area contributed by atoms with Gasteiger partial charge in [0.2, 0.25) is 0 Å². The molecule has 3 rings (SSSR count). The molecule has 0 unspecified atom stereocenters. The van der Waals surface area contributed by atoms with Gasteiger partial charge in [0.15, 0.2) is 5.82 Å². The molecule has 0 atom stereocenters. The van der Waals surface area contributed by atoms with Crippen molar-refractivity contribution in [2.45, 2.75) is 64.2 Å². The van der Waals surface area contributed by atoms with Crippen LogP contribution in [0.15, 0.2) is 48.5 Å². The van der Waals surface area contributed by atoms with Crippen molar-refractivity contribution in [2.24, 2.45) is 0 Å². The van der Waals surface area contributed by atoms with Crippen LogP contribution in [0.4, 0.5) is 0 Å². The van der Waals surface area contributed by atoms with Crippen molar-refractivity contribution in [3.63, 3.8) is 0 Å². The molecule has 154 valence electrons. The molecule has 0 saturated heterocycles. The van der Waals surface area contributed by atoms with E-state index in [-0.39, 0.29) is 0 Å². The smallest absolute Gasteiger partial charge is 0.160 e. The van der Waals surface area contributed by atoms with Crippen molar-refractivity contribution in [1.82, 2.24) is 9.97 Å². The molecule has 0 bridgehead atoms. The summed E-state index contributed by atoms with van der Waals surface area (Å²) in [5.41, 5.74) is 5.27. The van der Waals surface area contributed by atoms with E-state index in [4.69, 9.17) is 14.7 Å². The highest BCUT2D eigenvalue weighted by atomic mass is 28.3. The van der Waals surface area contributed by atoms with Crippen molar-refractivity contribution < 1.29 is 4.74 Å². The van der Waals surface area contributed by atoms with Gasteiger partial charge in [0, 0.05) is 16.6 Å². The molecule has 3 aromatic rings. The first-order valence-corrected chi connectivity index (χ1v) is 13.1. The Labute approximate surface area is 176 Å². The Kier molecular flexibility index (Phi) is 6.42. The average Bonchev–Trinajstić information content (AvgIpc) is 2.71. The highest BCUT2D eigenvalue weighted by Gasteiger charge is 2.43. The van der Waals surface area contributed by atoms with Gasteiger partial charge >= 0.3 is 0 Å². The number of hydrogen-bond acceptors (Lipinski definition) is 3. The molecule has 0 radical (unpaired) electrons. The van der Waals surface area contributed by atoms with Crippen LogP contribution in [0.3, 0.4) is 0 Å². The van der Waals surface area contributed by atoms with Crippen LogP contribution in [0.25, 0.3) is 22.3 Å². The highest BCUT2D eigenvalue weighted by Crippen LogP contribution is 2.44. The lowest BCUT2D eigenvalue weighted by molar-refractivity contribution is 0.415. The zero-order valence-corrected chi connectivity index (χ0v) is 19.9. The predicted molar refractivity (Wildman–Crippen MR) is 126 cm³/mol. The summed E-state index contributed by atoms with van der Waals surface area (Å²) in [6, 6.07) is 17.5. The lowest BCUT2D eigenvalue weighted by Crippen LogP contribution is -2.47. The Morgan fingerprint density at radius 2 is 1.45 bits per heavy atom. The van der Waals surface area contributed by atoms with E-state index < -0.39 is 8.07 Å². The minimum absolute atomic E-state index is 0.679. The predicted octanol–water partition coefficient (Wildman–Crippen LogP) is 7.07. The molecular formula is C25H34N2OSi. The normalized spacial score (nSPS) is 12.3. The van der Waals surface area contributed by atoms with Crippen LogP contribution in [-0.2, 0) is 6.04 Å². The molecule has 0 fully saturated rings. The lowest BCUT2D eigenvalue weighted by Gasteiger charge is -2.43. The molecule has 0 aliphatic heterocycles. The molecule has 0 N–H and O–H groups in total. The summed E-state index contributed by atoms with van der Waals surface area (Å²) >= 11 is 0. The Bertz CT molecular complexity index is 945. The number of benzene rings is 2. The van der Waals surface area contributed by atoms with Crippen molar-refractivity contribution in [3.05, 3.63) is 54.2 Å². The molecule has 0 aliphatic rings. The maximum absolute atomic E-state index is 5.52. The summed E-state index contributed by atoms with van der Waals surface area (Å²) < 4.78 is 5.52. The fraction of sp³-hybridized carbons (Fsp3) is 0.440. The Morgan fingerprint density at radius 3 is 2.00 bits per heavy atom. The molecule has 0 aliphatic carbocycles. The molecule has 0 amide bonds. The number of hydrogen-bond donors (Lipinski definition) is 0. The summed E-state index contributed by atoms with van der Waals surface area (Å²) in [6.45, 7) is 14.5. The van der Waals surface area contributed by atoms with E-state index in [1.165, 1.54) is 5.69 Å². The van der Waals surface area contributed by atoms with Crippen LogP contribution < -0.4 is 4.74 Å². The fourth-order valence-corrected chi connectivity index (χ4v) is 11.1.